The summed E-state index contributed by atoms with van der Waals surface area (Å²) in [5.41, 5.74) is 8.43. The lowest BCUT2D eigenvalue weighted by Gasteiger charge is -2.29. The maximum absolute atomic E-state index is 6.02. The van der Waals surface area contributed by atoms with E-state index in [0.29, 0.717) is 6.04 Å². The summed E-state index contributed by atoms with van der Waals surface area (Å²) < 4.78 is 5.53. The van der Waals surface area contributed by atoms with Crippen LogP contribution in [0.2, 0.25) is 0 Å². The van der Waals surface area contributed by atoms with Crippen LogP contribution in [0.5, 0.6) is 5.75 Å². The Balaban J connectivity index is 2.96. The van der Waals surface area contributed by atoms with Crippen molar-refractivity contribution in [2.24, 2.45) is 5.73 Å². The number of unbranched alkanes of at least 4 members (excludes halogenated alkanes) is 1. The summed E-state index contributed by atoms with van der Waals surface area (Å²) in [6.45, 7) is 10.9. The first kappa shape index (κ1) is 18.0. The molecule has 0 spiro atoms. The van der Waals surface area contributed by atoms with Gasteiger partial charge in [-0.1, -0.05) is 26.3 Å². The number of hydrogen-bond acceptors (Lipinski definition) is 3. The van der Waals surface area contributed by atoms with Crippen molar-refractivity contribution < 1.29 is 4.74 Å². The van der Waals surface area contributed by atoms with Crippen molar-refractivity contribution in [3.63, 3.8) is 0 Å². The molecule has 0 fully saturated rings. The van der Waals surface area contributed by atoms with E-state index in [4.69, 9.17) is 10.5 Å². The molecule has 0 aliphatic carbocycles. The summed E-state index contributed by atoms with van der Waals surface area (Å²) >= 11 is 0. The van der Waals surface area contributed by atoms with Gasteiger partial charge in [0.15, 0.2) is 0 Å². The maximum atomic E-state index is 6.02. The van der Waals surface area contributed by atoms with Gasteiger partial charge in [-0.15, -0.1) is 0 Å². The van der Waals surface area contributed by atoms with Crippen LogP contribution in [0.3, 0.4) is 0 Å². The van der Waals surface area contributed by atoms with Crippen molar-refractivity contribution >= 4 is 0 Å². The second kappa shape index (κ2) is 9.06. The summed E-state index contributed by atoms with van der Waals surface area (Å²) in [6.07, 6.45) is 3.63. The Bertz CT molecular complexity index is 418. The van der Waals surface area contributed by atoms with Crippen LogP contribution < -0.4 is 10.5 Å². The molecule has 1 rings (SSSR count). The molecule has 2 N–H and O–H groups in total. The fraction of sp³-hybridized carbons (Fsp3) is 0.667. The molecule has 0 bridgehead atoms. The van der Waals surface area contributed by atoms with Crippen molar-refractivity contribution in [2.75, 3.05) is 13.7 Å². The summed E-state index contributed by atoms with van der Waals surface area (Å²) in [6, 6.07) is 6.95. The van der Waals surface area contributed by atoms with Gasteiger partial charge in [-0.2, -0.15) is 0 Å². The molecule has 0 radical (unpaired) electrons. The highest BCUT2D eigenvalue weighted by atomic mass is 16.5. The fourth-order valence-electron chi connectivity index (χ4n) is 2.50. The van der Waals surface area contributed by atoms with Gasteiger partial charge in [0.1, 0.15) is 5.75 Å². The molecule has 0 aliphatic rings. The van der Waals surface area contributed by atoms with Gasteiger partial charge in [0.25, 0.3) is 0 Å². The van der Waals surface area contributed by atoms with E-state index < -0.39 is 0 Å². The van der Waals surface area contributed by atoms with E-state index in [2.05, 4.69) is 37.8 Å². The predicted molar refractivity (Wildman–Crippen MR) is 90.7 cm³/mol. The molecular weight excluding hydrogens is 260 g/mol. The van der Waals surface area contributed by atoms with Gasteiger partial charge < -0.3 is 10.5 Å². The zero-order chi connectivity index (χ0) is 15.8. The van der Waals surface area contributed by atoms with Crippen molar-refractivity contribution in [3.05, 3.63) is 29.3 Å². The number of hydrogen-bond donors (Lipinski definition) is 1. The van der Waals surface area contributed by atoms with Gasteiger partial charge in [-0.3, -0.25) is 4.90 Å². The Hall–Kier alpha value is -1.06. The molecule has 0 saturated heterocycles. The third-order valence-electron chi connectivity index (χ3n) is 4.22. The molecule has 2 atom stereocenters. The Labute approximate surface area is 130 Å². The molecule has 0 saturated carbocycles. The second-order valence-electron chi connectivity index (χ2n) is 5.94. The van der Waals surface area contributed by atoms with Crippen LogP contribution in [0.25, 0.3) is 0 Å². The first-order chi connectivity index (χ1) is 10.0. The quantitative estimate of drug-likeness (QED) is 0.744. The molecule has 120 valence electrons. The highest BCUT2D eigenvalue weighted by Gasteiger charge is 2.15. The number of ether oxygens (including phenoxy) is 1. The Morgan fingerprint density at radius 3 is 2.48 bits per heavy atom. The number of benzene rings is 1. The summed E-state index contributed by atoms with van der Waals surface area (Å²) in [4.78, 5) is 2.55. The zero-order valence-corrected chi connectivity index (χ0v) is 14.4. The zero-order valence-electron chi connectivity index (χ0n) is 14.4. The summed E-state index contributed by atoms with van der Waals surface area (Å²) in [5.74, 6) is 0.962. The molecule has 1 aromatic carbocycles. The molecule has 0 aromatic heterocycles. The van der Waals surface area contributed by atoms with Crippen molar-refractivity contribution in [2.45, 2.75) is 65.6 Å². The molecular formula is C18H32N2O. The van der Waals surface area contributed by atoms with E-state index in [9.17, 15) is 0 Å². The number of nitrogens with zero attached hydrogens (tertiary/aromatic N) is 1. The van der Waals surface area contributed by atoms with Crippen LogP contribution in [0, 0.1) is 0 Å². The number of rotatable bonds is 9. The first-order valence-corrected chi connectivity index (χ1v) is 8.19. The third-order valence-corrected chi connectivity index (χ3v) is 4.22. The van der Waals surface area contributed by atoms with Crippen LogP contribution in [-0.4, -0.2) is 24.6 Å². The van der Waals surface area contributed by atoms with E-state index in [0.717, 1.165) is 18.8 Å². The molecule has 1 aromatic rings. The van der Waals surface area contributed by atoms with Gasteiger partial charge in [0.05, 0.1) is 7.11 Å². The molecule has 2 unspecified atom stereocenters. The largest absolute Gasteiger partial charge is 0.496 e. The predicted octanol–water partition coefficient (Wildman–Crippen LogP) is 4.12. The summed E-state index contributed by atoms with van der Waals surface area (Å²) in [7, 11) is 1.74. The SMILES string of the molecule is CCCCN(Cc1cc(C(C)N)ccc1OC)C(C)CC. The minimum atomic E-state index is 0.0577. The number of nitrogens with two attached hydrogens (primary N) is 1. The monoisotopic (exact) mass is 292 g/mol. The highest BCUT2D eigenvalue weighted by Crippen LogP contribution is 2.25. The van der Waals surface area contributed by atoms with Crippen LogP contribution in [0.4, 0.5) is 0 Å². The van der Waals surface area contributed by atoms with Crippen molar-refractivity contribution in [3.8, 4) is 5.75 Å². The van der Waals surface area contributed by atoms with Gasteiger partial charge in [0, 0.05) is 24.2 Å². The third kappa shape index (κ3) is 5.33. The average molecular weight is 292 g/mol. The molecule has 0 amide bonds. The van der Waals surface area contributed by atoms with Crippen LogP contribution in [-0.2, 0) is 6.54 Å². The minimum absolute atomic E-state index is 0.0577. The Kier molecular flexibility index (Phi) is 7.76. The van der Waals surface area contributed by atoms with Gasteiger partial charge >= 0.3 is 0 Å². The van der Waals surface area contributed by atoms with E-state index in [1.54, 1.807) is 7.11 Å². The molecule has 3 heteroatoms. The molecule has 3 nitrogen and oxygen atoms in total. The Morgan fingerprint density at radius 2 is 1.95 bits per heavy atom. The van der Waals surface area contributed by atoms with Crippen LogP contribution >= 0.6 is 0 Å². The summed E-state index contributed by atoms with van der Waals surface area (Å²) in [5, 5.41) is 0. The van der Waals surface area contributed by atoms with Crippen molar-refractivity contribution in [1.82, 2.24) is 4.90 Å². The first-order valence-electron chi connectivity index (χ1n) is 8.19. The maximum Gasteiger partial charge on any atom is 0.123 e. The van der Waals surface area contributed by atoms with E-state index >= 15 is 0 Å². The van der Waals surface area contributed by atoms with E-state index in [1.165, 1.54) is 30.4 Å². The Morgan fingerprint density at radius 1 is 1.24 bits per heavy atom. The fourth-order valence-corrected chi connectivity index (χ4v) is 2.50. The van der Waals surface area contributed by atoms with E-state index in [-0.39, 0.29) is 6.04 Å². The van der Waals surface area contributed by atoms with Gasteiger partial charge in [-0.25, -0.2) is 0 Å². The average Bonchev–Trinajstić information content (AvgIpc) is 2.50. The van der Waals surface area contributed by atoms with E-state index in [1.807, 2.05) is 13.0 Å². The number of methoxy groups -OCH3 is 1. The van der Waals surface area contributed by atoms with Gasteiger partial charge in [0.2, 0.25) is 0 Å². The smallest absolute Gasteiger partial charge is 0.123 e. The molecule has 0 heterocycles. The lowest BCUT2D eigenvalue weighted by atomic mass is 10.0. The minimum Gasteiger partial charge on any atom is -0.496 e. The standard InChI is InChI=1S/C18H32N2O/c1-6-8-11-20(14(3)7-2)13-17-12-16(15(4)19)9-10-18(17)21-5/h9-10,12,14-15H,6-8,11,13,19H2,1-5H3. The molecule has 21 heavy (non-hydrogen) atoms. The van der Waals surface area contributed by atoms with Crippen LogP contribution in [0.1, 0.15) is 64.1 Å². The normalized spacial score (nSPS) is 14.2. The van der Waals surface area contributed by atoms with Crippen molar-refractivity contribution in [1.29, 1.82) is 0 Å². The lowest BCUT2D eigenvalue weighted by molar-refractivity contribution is 0.190. The van der Waals surface area contributed by atoms with Gasteiger partial charge in [-0.05, 0) is 50.9 Å². The topological polar surface area (TPSA) is 38.5 Å². The van der Waals surface area contributed by atoms with Crippen LogP contribution in [0.15, 0.2) is 18.2 Å². The lowest BCUT2D eigenvalue weighted by Crippen LogP contribution is -2.33. The molecule has 0 aliphatic heterocycles. The highest BCUT2D eigenvalue weighted by molar-refractivity contribution is 5.38. The second-order valence-corrected chi connectivity index (χ2v) is 5.94.